The van der Waals surface area contributed by atoms with Crippen LogP contribution in [0.3, 0.4) is 0 Å². The lowest BCUT2D eigenvalue weighted by Gasteiger charge is -2.32. The minimum atomic E-state index is -0.400. The lowest BCUT2D eigenvalue weighted by Crippen LogP contribution is -2.48. The van der Waals surface area contributed by atoms with Crippen LogP contribution in [0.5, 0.6) is 0 Å². The lowest BCUT2D eigenvalue weighted by molar-refractivity contribution is -0.124. The quantitative estimate of drug-likeness (QED) is 0.146. The molecule has 268 valence electrons. The van der Waals surface area contributed by atoms with E-state index in [9.17, 15) is 14.4 Å². The molecule has 0 unspecified atom stereocenters. The van der Waals surface area contributed by atoms with E-state index in [0.29, 0.717) is 26.2 Å². The van der Waals surface area contributed by atoms with Gasteiger partial charge in [-0.1, -0.05) is 117 Å². The third kappa shape index (κ3) is 10.6. The number of carbonyl (C=O) groups excluding carboxylic acids is 3. The number of hydrogen-bond acceptors (Lipinski definition) is 6. The van der Waals surface area contributed by atoms with Crippen LogP contribution in [-0.4, -0.2) is 58.3 Å². The first-order valence-corrected chi connectivity index (χ1v) is 18.3. The minimum absolute atomic E-state index is 0.0864. The van der Waals surface area contributed by atoms with Crippen LogP contribution >= 0.6 is 0 Å². The van der Waals surface area contributed by atoms with Crippen LogP contribution in [-0.2, 0) is 40.4 Å². The monoisotopic (exact) mass is 691 g/mol. The molecule has 1 heterocycles. The highest BCUT2D eigenvalue weighted by molar-refractivity contribution is 5.98. The van der Waals surface area contributed by atoms with Crippen molar-refractivity contribution in [2.45, 2.75) is 102 Å². The Morgan fingerprint density at radius 1 is 0.647 bits per heavy atom. The Labute approximate surface area is 300 Å². The molecule has 0 radical (unpaired) electrons. The Balaban J connectivity index is 1.13. The molecule has 51 heavy (non-hydrogen) atoms. The van der Waals surface area contributed by atoms with Crippen molar-refractivity contribution in [1.29, 1.82) is 0 Å². The van der Waals surface area contributed by atoms with E-state index in [2.05, 4.69) is 21.0 Å². The van der Waals surface area contributed by atoms with Crippen LogP contribution in [0.15, 0.2) is 97.1 Å². The van der Waals surface area contributed by atoms with Crippen molar-refractivity contribution in [2.75, 3.05) is 6.54 Å². The van der Waals surface area contributed by atoms with Gasteiger partial charge in [0.25, 0.3) is 11.8 Å². The Bertz CT molecular complexity index is 1700. The van der Waals surface area contributed by atoms with E-state index in [4.69, 9.17) is 9.47 Å². The normalized spacial score (nSPS) is 20.3. The van der Waals surface area contributed by atoms with E-state index in [1.807, 2.05) is 91.0 Å². The van der Waals surface area contributed by atoms with Gasteiger partial charge in [0.2, 0.25) is 5.91 Å². The molecule has 4 aromatic rings. The van der Waals surface area contributed by atoms with Crippen molar-refractivity contribution in [3.05, 3.63) is 125 Å². The summed E-state index contributed by atoms with van der Waals surface area (Å²) in [6, 6.07) is 31.0. The summed E-state index contributed by atoms with van der Waals surface area (Å²) >= 11 is 0. The maximum absolute atomic E-state index is 13.9. The first-order chi connectivity index (χ1) is 25.0. The maximum atomic E-state index is 13.9. The predicted molar refractivity (Wildman–Crippen MR) is 195 cm³/mol. The smallest absolute Gasteiger partial charge is 0.271 e. The molecule has 10 heteroatoms. The first-order valence-electron chi connectivity index (χ1n) is 18.3. The number of hydrogen-bond donors (Lipinski definition) is 3. The fourth-order valence-electron chi connectivity index (χ4n) is 7.00. The van der Waals surface area contributed by atoms with Crippen molar-refractivity contribution >= 4 is 17.7 Å². The van der Waals surface area contributed by atoms with Gasteiger partial charge >= 0.3 is 0 Å². The average molecular weight is 692 g/mol. The van der Waals surface area contributed by atoms with Crippen LogP contribution in [0.25, 0.3) is 0 Å². The molecule has 1 aromatic heterocycles. The molecule has 2 saturated carbocycles. The number of nitrogens with zero attached hydrogens (tertiary/aromatic N) is 2. The van der Waals surface area contributed by atoms with Gasteiger partial charge in [-0.3, -0.25) is 14.4 Å². The number of ether oxygens (including phenoxy) is 2. The summed E-state index contributed by atoms with van der Waals surface area (Å²) in [5, 5.41) is 13.7. The largest absolute Gasteiger partial charge is 0.371 e. The summed E-state index contributed by atoms with van der Waals surface area (Å²) in [5.41, 5.74) is 3.51. The molecule has 10 nitrogen and oxygen atoms in total. The molecule has 4 atom stereocenters. The molecular formula is C41H49N5O5. The summed E-state index contributed by atoms with van der Waals surface area (Å²) < 4.78 is 13.9. The highest BCUT2D eigenvalue weighted by Crippen LogP contribution is 2.24. The van der Waals surface area contributed by atoms with Crippen molar-refractivity contribution < 1.29 is 23.9 Å². The van der Waals surface area contributed by atoms with Crippen molar-refractivity contribution in [1.82, 2.24) is 25.7 Å². The number of carbonyl (C=O) groups is 3. The molecule has 2 aliphatic carbocycles. The molecular weight excluding hydrogens is 642 g/mol. The third-order valence-electron chi connectivity index (χ3n) is 9.76. The number of rotatable bonds is 15. The summed E-state index contributed by atoms with van der Waals surface area (Å²) in [6.45, 7) is 1.13. The average Bonchev–Trinajstić information content (AvgIpc) is 3.59. The van der Waals surface area contributed by atoms with E-state index in [1.54, 1.807) is 0 Å². The lowest BCUT2D eigenvalue weighted by atomic mass is 9.92. The van der Waals surface area contributed by atoms with Gasteiger partial charge < -0.3 is 25.4 Å². The second-order valence-electron chi connectivity index (χ2n) is 13.6. The molecule has 0 saturated heterocycles. The van der Waals surface area contributed by atoms with Gasteiger partial charge in [-0.2, -0.15) is 5.10 Å². The zero-order valence-electron chi connectivity index (χ0n) is 29.2. The Hall–Kier alpha value is -4.80. The van der Waals surface area contributed by atoms with Gasteiger partial charge in [-0.15, -0.1) is 0 Å². The zero-order valence-corrected chi connectivity index (χ0v) is 29.2. The van der Waals surface area contributed by atoms with Crippen LogP contribution < -0.4 is 16.0 Å². The summed E-state index contributed by atoms with van der Waals surface area (Å²) in [5.74, 6) is -1.08. The standard InChI is InChI=1S/C41H49N5O5/c47-39(43-33-20-10-12-22-37(33)50-28-31-16-6-2-7-17-31)27-46-36(26-35(45-46)40(48)42-25-24-30-14-4-1-5-15-30)41(49)44-34-21-11-13-23-38(34)51-29-32-18-8-3-9-19-32/h1-9,14-19,26,33-34,37-38H,10-13,20-25,27-29H2,(H,42,48)(H,43,47)(H,44,49)/t33-,34-,37-,38-/m0/s1. The van der Waals surface area contributed by atoms with Crippen molar-refractivity contribution in [3.63, 3.8) is 0 Å². The van der Waals surface area contributed by atoms with E-state index in [0.717, 1.165) is 68.1 Å². The number of nitrogens with one attached hydrogen (secondary N) is 3. The van der Waals surface area contributed by atoms with Crippen LogP contribution in [0.4, 0.5) is 0 Å². The summed E-state index contributed by atoms with van der Waals surface area (Å²) in [7, 11) is 0. The second-order valence-corrected chi connectivity index (χ2v) is 13.6. The minimum Gasteiger partial charge on any atom is -0.371 e. The molecule has 0 spiro atoms. The fourth-order valence-corrected chi connectivity index (χ4v) is 7.00. The highest BCUT2D eigenvalue weighted by atomic mass is 16.5. The number of amides is 3. The first kappa shape index (κ1) is 36.0. The van der Waals surface area contributed by atoms with Crippen LogP contribution in [0, 0.1) is 0 Å². The van der Waals surface area contributed by atoms with Gasteiger partial charge in [0.15, 0.2) is 5.69 Å². The molecule has 0 aliphatic heterocycles. The van der Waals surface area contributed by atoms with E-state index in [1.165, 1.54) is 10.7 Å². The molecule has 2 aliphatic rings. The van der Waals surface area contributed by atoms with Crippen molar-refractivity contribution in [3.8, 4) is 0 Å². The van der Waals surface area contributed by atoms with E-state index >= 15 is 0 Å². The van der Waals surface area contributed by atoms with Gasteiger partial charge in [0, 0.05) is 12.6 Å². The van der Waals surface area contributed by atoms with E-state index in [-0.39, 0.29) is 54.0 Å². The molecule has 3 aromatic carbocycles. The summed E-state index contributed by atoms with van der Waals surface area (Å²) in [4.78, 5) is 40.8. The number of aromatic nitrogens is 2. The predicted octanol–water partition coefficient (Wildman–Crippen LogP) is 5.76. The zero-order chi connectivity index (χ0) is 35.3. The Kier molecular flexibility index (Phi) is 13.0. The van der Waals surface area contributed by atoms with Crippen LogP contribution in [0.1, 0.15) is 89.0 Å². The molecule has 0 bridgehead atoms. The fraction of sp³-hybridized carbons (Fsp3) is 0.415. The molecule has 3 amide bonds. The molecule has 2 fully saturated rings. The molecule has 3 N–H and O–H groups in total. The van der Waals surface area contributed by atoms with Gasteiger partial charge in [-0.25, -0.2) is 4.68 Å². The third-order valence-corrected chi connectivity index (χ3v) is 9.76. The Morgan fingerprint density at radius 3 is 1.73 bits per heavy atom. The topological polar surface area (TPSA) is 124 Å². The number of benzene rings is 3. The Morgan fingerprint density at radius 2 is 1.16 bits per heavy atom. The second kappa shape index (κ2) is 18.4. The molecule has 6 rings (SSSR count). The van der Waals surface area contributed by atoms with Crippen LogP contribution in [0.2, 0.25) is 0 Å². The SMILES string of the molecule is O=C(Cn1nc(C(=O)NCCc2ccccc2)cc1C(=O)N[C@H]1CCCC[C@@H]1OCc1ccccc1)N[C@H]1CCCC[C@@H]1OCc1ccccc1. The van der Waals surface area contributed by atoms with Crippen molar-refractivity contribution in [2.24, 2.45) is 0 Å². The van der Waals surface area contributed by atoms with Gasteiger partial charge in [-0.05, 0) is 48.8 Å². The highest BCUT2D eigenvalue weighted by Gasteiger charge is 2.31. The van der Waals surface area contributed by atoms with E-state index < -0.39 is 5.91 Å². The summed E-state index contributed by atoms with van der Waals surface area (Å²) in [6.07, 6.45) is 7.69. The van der Waals surface area contributed by atoms with Gasteiger partial charge in [0.05, 0.1) is 37.5 Å². The maximum Gasteiger partial charge on any atom is 0.271 e. The van der Waals surface area contributed by atoms with Gasteiger partial charge in [0.1, 0.15) is 12.2 Å².